The van der Waals surface area contributed by atoms with Crippen LogP contribution < -0.4 is 26.6 Å². The first-order valence-corrected chi connectivity index (χ1v) is 11.6. The number of benzene rings is 1. The molecule has 0 saturated heterocycles. The normalized spacial score (nSPS) is 12.2. The van der Waals surface area contributed by atoms with E-state index in [4.69, 9.17) is 0 Å². The monoisotopic (exact) mass is 489 g/mol. The van der Waals surface area contributed by atoms with Gasteiger partial charge < -0.3 is 26.6 Å². The first kappa shape index (κ1) is 29.6. The number of hydrogen-bond donors (Lipinski definition) is 5. The van der Waals surface area contributed by atoms with E-state index in [0.717, 1.165) is 5.56 Å². The second-order valence-electron chi connectivity index (χ2n) is 10.6. The molecule has 10 heteroatoms. The van der Waals surface area contributed by atoms with Gasteiger partial charge >= 0.3 is 0 Å². The van der Waals surface area contributed by atoms with Crippen molar-refractivity contribution in [1.29, 1.82) is 0 Å². The molecule has 5 N–H and O–H groups in total. The van der Waals surface area contributed by atoms with Crippen LogP contribution in [0.3, 0.4) is 0 Å². The summed E-state index contributed by atoms with van der Waals surface area (Å²) in [4.78, 5) is 61.1. The lowest BCUT2D eigenvalue weighted by Crippen LogP contribution is -2.52. The highest BCUT2D eigenvalue weighted by atomic mass is 16.2. The van der Waals surface area contributed by atoms with Crippen LogP contribution in [0.25, 0.3) is 0 Å². The van der Waals surface area contributed by atoms with E-state index in [0.29, 0.717) is 6.54 Å². The Labute approximate surface area is 207 Å². The van der Waals surface area contributed by atoms with E-state index in [1.54, 1.807) is 20.8 Å². The van der Waals surface area contributed by atoms with E-state index in [2.05, 4.69) is 26.6 Å². The molecule has 35 heavy (non-hydrogen) atoms. The fraction of sp³-hybridized carbons (Fsp3) is 0.560. The smallest absolute Gasteiger partial charge is 0.243 e. The Kier molecular flexibility index (Phi) is 11.4. The molecule has 0 radical (unpaired) electrons. The molecule has 0 unspecified atom stereocenters. The molecule has 0 aliphatic heterocycles. The second-order valence-corrected chi connectivity index (χ2v) is 10.6. The summed E-state index contributed by atoms with van der Waals surface area (Å²) in [5.41, 5.74) is 0.0852. The average molecular weight is 490 g/mol. The van der Waals surface area contributed by atoms with Crippen LogP contribution in [0.1, 0.15) is 47.1 Å². The largest absolute Gasteiger partial charge is 0.354 e. The van der Waals surface area contributed by atoms with Gasteiger partial charge in [0.1, 0.15) is 6.04 Å². The Morgan fingerprint density at radius 3 is 1.83 bits per heavy atom. The molecule has 1 rings (SSSR count). The maximum absolute atomic E-state index is 12.8. The number of rotatable bonds is 11. The summed E-state index contributed by atoms with van der Waals surface area (Å²) in [5, 5.41) is 12.8. The molecule has 0 aliphatic rings. The van der Waals surface area contributed by atoms with Gasteiger partial charge in [-0.15, -0.1) is 0 Å². The molecule has 0 fully saturated rings. The van der Waals surface area contributed by atoms with E-state index in [1.165, 1.54) is 0 Å². The molecule has 0 aromatic heterocycles. The van der Waals surface area contributed by atoms with E-state index in [9.17, 15) is 24.0 Å². The standard InChI is InChI=1S/C25H39N5O5/c1-24(2,3)16-29-20(32)13-27-22(34)18(12-17-10-8-7-9-11-17)30-21(33)15-26-19(31)14-28-23(35)25(4,5)6/h7-11,18H,12-16H2,1-6H3,(H,26,31)(H,27,34)(H,28,35)(H,29,32)(H,30,33)/t18-/m0/s1. The highest BCUT2D eigenvalue weighted by Crippen LogP contribution is 2.12. The van der Waals surface area contributed by atoms with Crippen molar-refractivity contribution >= 4 is 29.5 Å². The van der Waals surface area contributed by atoms with Crippen molar-refractivity contribution < 1.29 is 24.0 Å². The van der Waals surface area contributed by atoms with Crippen LogP contribution in [0.4, 0.5) is 0 Å². The van der Waals surface area contributed by atoms with E-state index in [-0.39, 0.29) is 43.3 Å². The summed E-state index contributed by atoms with van der Waals surface area (Å²) in [5.74, 6) is -2.24. The molecule has 1 atom stereocenters. The topological polar surface area (TPSA) is 146 Å². The zero-order valence-electron chi connectivity index (χ0n) is 21.5. The minimum atomic E-state index is -0.946. The highest BCUT2D eigenvalue weighted by Gasteiger charge is 2.23. The SMILES string of the molecule is CC(C)(C)CNC(=O)CNC(=O)[C@H](Cc1ccccc1)NC(=O)CNC(=O)CNC(=O)C(C)(C)C. The molecule has 10 nitrogen and oxygen atoms in total. The van der Waals surface area contributed by atoms with E-state index >= 15 is 0 Å². The van der Waals surface area contributed by atoms with Gasteiger partial charge in [-0.2, -0.15) is 0 Å². The van der Waals surface area contributed by atoms with Crippen molar-refractivity contribution in [1.82, 2.24) is 26.6 Å². The van der Waals surface area contributed by atoms with Crippen molar-refractivity contribution in [3.63, 3.8) is 0 Å². The Morgan fingerprint density at radius 2 is 1.26 bits per heavy atom. The van der Waals surface area contributed by atoms with Crippen LogP contribution in [-0.2, 0) is 30.4 Å². The Hall–Kier alpha value is -3.43. The molecular weight excluding hydrogens is 450 g/mol. The summed E-state index contributed by atoms with van der Waals surface area (Å²) in [6.45, 7) is 10.7. The number of nitrogens with one attached hydrogen (secondary N) is 5. The summed E-state index contributed by atoms with van der Waals surface area (Å²) in [6.07, 6.45) is 0.206. The zero-order chi connectivity index (χ0) is 26.6. The van der Waals surface area contributed by atoms with Gasteiger partial charge in [0.05, 0.1) is 19.6 Å². The lowest BCUT2D eigenvalue weighted by molar-refractivity contribution is -0.132. The number of carbonyl (C=O) groups is 5. The van der Waals surface area contributed by atoms with Crippen molar-refractivity contribution in [2.45, 2.75) is 54.0 Å². The molecule has 0 aliphatic carbocycles. The van der Waals surface area contributed by atoms with E-state index in [1.807, 2.05) is 51.1 Å². The van der Waals surface area contributed by atoms with E-state index < -0.39 is 29.2 Å². The molecule has 0 spiro atoms. The summed E-state index contributed by atoms with van der Waals surface area (Å²) >= 11 is 0. The average Bonchev–Trinajstić information content (AvgIpc) is 2.77. The maximum Gasteiger partial charge on any atom is 0.243 e. The Balaban J connectivity index is 2.64. The molecule has 0 bridgehead atoms. The molecule has 1 aromatic carbocycles. The molecule has 0 heterocycles. The van der Waals surface area contributed by atoms with Crippen LogP contribution in [0, 0.1) is 10.8 Å². The third kappa shape index (κ3) is 13.1. The summed E-state index contributed by atoms with van der Waals surface area (Å²) in [6, 6.07) is 8.17. The Morgan fingerprint density at radius 1 is 0.714 bits per heavy atom. The van der Waals surface area contributed by atoms with Gasteiger partial charge in [-0.3, -0.25) is 24.0 Å². The zero-order valence-corrected chi connectivity index (χ0v) is 21.5. The van der Waals surface area contributed by atoms with Gasteiger partial charge in [0.25, 0.3) is 0 Å². The predicted molar refractivity (Wildman–Crippen MR) is 133 cm³/mol. The molecule has 194 valence electrons. The lowest BCUT2D eigenvalue weighted by Gasteiger charge is -2.21. The third-order valence-corrected chi connectivity index (χ3v) is 4.71. The van der Waals surface area contributed by atoms with Crippen LogP contribution in [0.5, 0.6) is 0 Å². The minimum absolute atomic E-state index is 0.0938. The molecule has 0 saturated carbocycles. The quantitative estimate of drug-likeness (QED) is 0.303. The summed E-state index contributed by atoms with van der Waals surface area (Å²) < 4.78 is 0. The fourth-order valence-electron chi connectivity index (χ4n) is 2.69. The van der Waals surface area contributed by atoms with Crippen LogP contribution in [-0.4, -0.2) is 61.8 Å². The van der Waals surface area contributed by atoms with Crippen molar-refractivity contribution in [3.05, 3.63) is 35.9 Å². The number of hydrogen-bond acceptors (Lipinski definition) is 5. The molecule has 1 aromatic rings. The fourth-order valence-corrected chi connectivity index (χ4v) is 2.69. The van der Waals surface area contributed by atoms with Crippen LogP contribution in [0.15, 0.2) is 30.3 Å². The third-order valence-electron chi connectivity index (χ3n) is 4.71. The van der Waals surface area contributed by atoms with Crippen molar-refractivity contribution in [2.24, 2.45) is 10.8 Å². The first-order chi connectivity index (χ1) is 16.2. The second kappa shape index (κ2) is 13.5. The van der Waals surface area contributed by atoms with Crippen molar-refractivity contribution in [2.75, 3.05) is 26.2 Å². The Bertz CT molecular complexity index is 888. The van der Waals surface area contributed by atoms with Gasteiger partial charge in [0.2, 0.25) is 29.5 Å². The van der Waals surface area contributed by atoms with Gasteiger partial charge in [-0.1, -0.05) is 71.9 Å². The predicted octanol–water partition coefficient (Wildman–Crippen LogP) is 0.271. The molecular formula is C25H39N5O5. The number of amides is 5. The highest BCUT2D eigenvalue weighted by molar-refractivity contribution is 5.93. The maximum atomic E-state index is 12.8. The molecule has 5 amide bonds. The minimum Gasteiger partial charge on any atom is -0.354 e. The van der Waals surface area contributed by atoms with Crippen LogP contribution >= 0.6 is 0 Å². The van der Waals surface area contributed by atoms with Crippen LogP contribution in [0.2, 0.25) is 0 Å². The van der Waals surface area contributed by atoms with Gasteiger partial charge in [0, 0.05) is 18.4 Å². The lowest BCUT2D eigenvalue weighted by atomic mass is 9.96. The van der Waals surface area contributed by atoms with Crippen molar-refractivity contribution in [3.8, 4) is 0 Å². The summed E-state index contributed by atoms with van der Waals surface area (Å²) in [7, 11) is 0. The van der Waals surface area contributed by atoms with Gasteiger partial charge in [-0.05, 0) is 11.0 Å². The van der Waals surface area contributed by atoms with Gasteiger partial charge in [-0.25, -0.2) is 0 Å². The number of carbonyl (C=O) groups excluding carboxylic acids is 5. The van der Waals surface area contributed by atoms with Gasteiger partial charge in [0.15, 0.2) is 0 Å². The first-order valence-electron chi connectivity index (χ1n) is 11.6.